The second-order valence-corrected chi connectivity index (χ2v) is 25.6. The van der Waals surface area contributed by atoms with Crippen LogP contribution in [-0.4, -0.2) is 22.2 Å². The molecule has 1 spiro atoms. The van der Waals surface area contributed by atoms with Crippen LogP contribution < -0.4 is 14.5 Å². The first-order chi connectivity index (χ1) is 34.8. The van der Waals surface area contributed by atoms with Crippen molar-refractivity contribution in [1.29, 1.82) is 0 Å². The zero-order chi connectivity index (χ0) is 47.4. The standard InChI is InChI=1S/C65H52N4OSi.Pt/c1-65(2,3)45-32-33-66-62(38-45)69-58-28-10-9-24-52(58)53-31-30-48(40-60(53)69)70-47-21-13-20-46(39-47)67-42-68-63-49(43-17-5-4-6-18-43)25-14-26-55(63)56-37-44-19-16-36-71(34-11-12-35-71)61(44)41-57(56)51-23-8-7-22-50(51)54-27-15-29-59(67)64(54)68;/h4-10,13-15,17-18,20-33,37-38,41H,11-12,16,19,34-36H2,1-3H3;/q-2;. The molecule has 1 saturated heterocycles. The molecule has 0 N–H and O–H groups in total. The molecule has 5 nitrogen and oxygen atoms in total. The number of ether oxygens (including phenoxy) is 1. The third kappa shape index (κ3) is 7.12. The van der Waals surface area contributed by atoms with Gasteiger partial charge in [0.1, 0.15) is 5.82 Å². The molecule has 0 saturated carbocycles. The summed E-state index contributed by atoms with van der Waals surface area (Å²) in [6.45, 7) is 6.71. The van der Waals surface area contributed by atoms with E-state index in [4.69, 9.17) is 9.72 Å². The van der Waals surface area contributed by atoms with Gasteiger partial charge in [-0.1, -0.05) is 190 Å². The Hall–Kier alpha value is -7.11. The summed E-state index contributed by atoms with van der Waals surface area (Å²) in [4.78, 5) is 4.90. The number of nitrogens with zero attached hydrogens (tertiary/aromatic N) is 4. The number of para-hydroxylation sites is 3. The van der Waals surface area contributed by atoms with E-state index in [0.717, 1.165) is 56.5 Å². The fourth-order valence-corrected chi connectivity index (χ4v) is 18.1. The predicted octanol–water partition coefficient (Wildman–Crippen LogP) is 15.3. The van der Waals surface area contributed by atoms with Crippen molar-refractivity contribution in [2.75, 3.05) is 0 Å². The Labute approximate surface area is 436 Å². The number of hydrogen-bond acceptors (Lipinski definition) is 2. The summed E-state index contributed by atoms with van der Waals surface area (Å²) in [5, 5.41) is 3.97. The number of imidazole rings is 1. The number of aryl methyl sites for hydroxylation is 1. The minimum Gasteiger partial charge on any atom is -0.510 e. The molecule has 0 amide bonds. The molecule has 3 aliphatic rings. The Morgan fingerprint density at radius 2 is 1.26 bits per heavy atom. The van der Waals surface area contributed by atoms with Crippen molar-refractivity contribution in [3.63, 3.8) is 0 Å². The maximum atomic E-state index is 6.77. The van der Waals surface area contributed by atoms with Crippen molar-refractivity contribution in [2.45, 2.75) is 70.0 Å². The number of hydrogen-bond donors (Lipinski definition) is 0. The second-order valence-electron chi connectivity index (χ2n) is 21.0. The van der Waals surface area contributed by atoms with Crippen molar-refractivity contribution in [3.8, 4) is 73.2 Å². The molecule has 0 bridgehead atoms. The van der Waals surface area contributed by atoms with Crippen molar-refractivity contribution in [2.24, 2.45) is 0 Å². The SMILES string of the molecule is CC(C)(C)c1ccnc(-n2c3[c-]c(Oc4[c-]c(-n5[c-][n+]6c7c(cccc75)-c5ccccc5-c5cc7c(cc5-c5cccc(-c8ccccc8)c5-6)CCC[Si]75CCCC5)ccc4)ccc3c3ccccc32)c1.[Pt]. The summed E-state index contributed by atoms with van der Waals surface area (Å²) in [5.41, 5.74) is 18.7. The topological polar surface area (TPSA) is 35.9 Å². The number of pyridine rings is 1. The zero-order valence-corrected chi connectivity index (χ0v) is 44.0. The Morgan fingerprint density at radius 1 is 0.583 bits per heavy atom. The number of benzene rings is 8. The van der Waals surface area contributed by atoms with Crippen molar-refractivity contribution >= 4 is 46.1 Å². The van der Waals surface area contributed by atoms with Crippen LogP contribution in [0.3, 0.4) is 0 Å². The Kier molecular flexibility index (Phi) is 10.8. The van der Waals surface area contributed by atoms with Crippen LogP contribution in [0.2, 0.25) is 18.1 Å². The van der Waals surface area contributed by atoms with Crippen LogP contribution in [0.5, 0.6) is 11.5 Å². The van der Waals surface area contributed by atoms with Crippen molar-refractivity contribution in [1.82, 2.24) is 14.1 Å². The van der Waals surface area contributed by atoms with Gasteiger partial charge in [-0.25, -0.2) is 4.98 Å². The molecule has 0 atom stereocenters. The fourth-order valence-electron chi connectivity index (χ4n) is 12.6. The number of aromatic nitrogens is 4. The Morgan fingerprint density at radius 3 is 2.11 bits per heavy atom. The van der Waals surface area contributed by atoms with Crippen LogP contribution in [0.4, 0.5) is 0 Å². The monoisotopic (exact) mass is 1130 g/mol. The zero-order valence-electron chi connectivity index (χ0n) is 40.7. The van der Waals surface area contributed by atoms with Gasteiger partial charge in [0.2, 0.25) is 0 Å². The van der Waals surface area contributed by atoms with Crippen LogP contribution in [0, 0.1) is 18.5 Å². The molecule has 3 aliphatic heterocycles. The Bertz CT molecular complexity index is 3950. The van der Waals surface area contributed by atoms with E-state index in [2.05, 4.69) is 205 Å². The van der Waals surface area contributed by atoms with Crippen LogP contribution >= 0.6 is 0 Å². The molecule has 0 unspecified atom stereocenters. The van der Waals surface area contributed by atoms with Gasteiger partial charge in [0.05, 0.1) is 24.8 Å². The van der Waals surface area contributed by atoms with Crippen LogP contribution in [0.15, 0.2) is 176 Å². The van der Waals surface area contributed by atoms with E-state index in [1.807, 2.05) is 24.4 Å². The maximum absolute atomic E-state index is 6.77. The molecule has 14 rings (SSSR count). The van der Waals surface area contributed by atoms with Gasteiger partial charge in [-0.2, -0.15) is 18.2 Å². The van der Waals surface area contributed by atoms with E-state index in [0.29, 0.717) is 11.5 Å². The average molecular weight is 1130 g/mol. The third-order valence-electron chi connectivity index (χ3n) is 15.9. The number of rotatable bonds is 5. The summed E-state index contributed by atoms with van der Waals surface area (Å²) >= 11 is 0. The predicted molar refractivity (Wildman–Crippen MR) is 291 cm³/mol. The summed E-state index contributed by atoms with van der Waals surface area (Å²) in [5.74, 6) is 2.04. The molecular formula is C65H52N4OPtSi-2. The largest absolute Gasteiger partial charge is 0.510 e. The maximum Gasteiger partial charge on any atom is 0.268 e. The normalized spacial score (nSPS) is 14.5. The molecule has 0 radical (unpaired) electrons. The quantitative estimate of drug-likeness (QED) is 0.0978. The summed E-state index contributed by atoms with van der Waals surface area (Å²) in [6.07, 6.45) is 11.1. The second kappa shape index (κ2) is 17.3. The summed E-state index contributed by atoms with van der Waals surface area (Å²) in [6, 6.07) is 73.7. The van der Waals surface area contributed by atoms with Gasteiger partial charge in [0.15, 0.2) is 0 Å². The number of fused-ring (bicyclic) bond motifs is 12. The molecule has 1 fully saturated rings. The van der Waals surface area contributed by atoms with E-state index in [-0.39, 0.29) is 26.5 Å². The minimum absolute atomic E-state index is 0. The van der Waals surface area contributed by atoms with Crippen LogP contribution in [-0.2, 0) is 32.9 Å². The van der Waals surface area contributed by atoms with Gasteiger partial charge >= 0.3 is 0 Å². The van der Waals surface area contributed by atoms with E-state index < -0.39 is 8.07 Å². The van der Waals surface area contributed by atoms with Gasteiger partial charge in [-0.3, -0.25) is 4.57 Å². The van der Waals surface area contributed by atoms with E-state index in [1.54, 1.807) is 10.8 Å². The van der Waals surface area contributed by atoms with Gasteiger partial charge in [-0.15, -0.1) is 29.7 Å². The van der Waals surface area contributed by atoms with E-state index >= 15 is 0 Å². The first-order valence-corrected chi connectivity index (χ1v) is 28.0. The smallest absolute Gasteiger partial charge is 0.268 e. The average Bonchev–Trinajstić information content (AvgIpc) is 4.14. The van der Waals surface area contributed by atoms with Crippen molar-refractivity contribution < 1.29 is 30.4 Å². The van der Waals surface area contributed by atoms with Gasteiger partial charge < -0.3 is 13.9 Å². The van der Waals surface area contributed by atoms with Crippen LogP contribution in [0.1, 0.15) is 51.2 Å². The van der Waals surface area contributed by atoms with E-state index in [1.165, 1.54) is 87.5 Å². The molecule has 354 valence electrons. The molecule has 6 heterocycles. The summed E-state index contributed by atoms with van der Waals surface area (Å²) < 4.78 is 13.5. The van der Waals surface area contributed by atoms with Gasteiger partial charge in [0, 0.05) is 44.3 Å². The van der Waals surface area contributed by atoms with Gasteiger partial charge in [-0.05, 0) is 96.7 Å². The molecule has 0 aliphatic carbocycles. The molecule has 11 aromatic rings. The molecule has 7 heteroatoms. The minimum atomic E-state index is -1.57. The summed E-state index contributed by atoms with van der Waals surface area (Å²) in [7, 11) is -1.57. The fraction of sp³-hybridized carbons (Fsp3) is 0.169. The first kappa shape index (κ1) is 44.8. The molecule has 72 heavy (non-hydrogen) atoms. The third-order valence-corrected chi connectivity index (χ3v) is 21.4. The molecule has 8 aromatic carbocycles. The van der Waals surface area contributed by atoms with E-state index in [9.17, 15) is 0 Å². The van der Waals surface area contributed by atoms with Crippen molar-refractivity contribution in [3.05, 3.63) is 206 Å². The van der Waals surface area contributed by atoms with Crippen LogP contribution in [0.25, 0.3) is 94.5 Å². The molecule has 3 aromatic heterocycles. The first-order valence-electron chi connectivity index (χ1n) is 25.4. The van der Waals surface area contributed by atoms with Gasteiger partial charge in [0.25, 0.3) is 6.33 Å². The Balaban J connectivity index is 0.00000504. The molecular weight excluding hydrogens is 1080 g/mol.